The summed E-state index contributed by atoms with van der Waals surface area (Å²) in [7, 11) is 0. The monoisotopic (exact) mass is 378 g/mol. The van der Waals surface area contributed by atoms with Crippen molar-refractivity contribution in [2.75, 3.05) is 18.8 Å². The third-order valence-electron chi connectivity index (χ3n) is 4.54. The van der Waals surface area contributed by atoms with E-state index in [4.69, 9.17) is 11.0 Å². The van der Waals surface area contributed by atoms with Gasteiger partial charge in [-0.1, -0.05) is 42.1 Å². The first-order valence-corrected chi connectivity index (χ1v) is 9.68. The number of carbonyl (C=O) groups excluding carboxylic acids is 1. The van der Waals surface area contributed by atoms with Crippen LogP contribution in [-0.4, -0.2) is 23.9 Å². The molecule has 1 aromatic carbocycles. The van der Waals surface area contributed by atoms with E-state index in [1.807, 2.05) is 41.3 Å². The maximum absolute atomic E-state index is 13.2. The Hall–Kier alpha value is -3.03. The topological polar surface area (TPSA) is 108 Å². The van der Waals surface area contributed by atoms with Gasteiger partial charge in [-0.3, -0.25) is 10.5 Å². The highest BCUT2D eigenvalue weighted by Crippen LogP contribution is 2.37. The van der Waals surface area contributed by atoms with Crippen LogP contribution in [0, 0.1) is 22.7 Å². The highest BCUT2D eigenvalue weighted by Gasteiger charge is 2.30. The largest absolute Gasteiger partial charge is 0.341 e. The van der Waals surface area contributed by atoms with Crippen molar-refractivity contribution >= 4 is 23.5 Å². The molecule has 1 fully saturated rings. The Bertz CT molecular complexity index is 910. The number of nitrogens with zero attached hydrogens (tertiary/aromatic N) is 3. The standard InChI is InChI=1S/C20H19N5OS/c21-12-15-11-16(13-22)19(24-18(15)23)27-17(14-7-3-1-4-8-14)20(26)25-9-5-2-6-10-25/h1,3-4,7-8,11,17H,2,5-6,9-10H2,(H2,23,24)/p+1/t17-/m1/s1. The van der Waals surface area contributed by atoms with E-state index in [0.717, 1.165) is 37.9 Å². The van der Waals surface area contributed by atoms with Gasteiger partial charge in [-0.15, -0.1) is 0 Å². The normalized spacial score (nSPS) is 14.8. The van der Waals surface area contributed by atoms with E-state index in [0.29, 0.717) is 10.6 Å². The third kappa shape index (κ3) is 4.21. The first-order valence-electron chi connectivity index (χ1n) is 8.80. The molecular weight excluding hydrogens is 358 g/mol. The predicted molar refractivity (Wildman–Crippen MR) is 102 cm³/mol. The number of likely N-dealkylation sites (tertiary alicyclic amines) is 1. The molecule has 1 amide bonds. The lowest BCUT2D eigenvalue weighted by Gasteiger charge is -2.30. The molecule has 1 aliphatic heterocycles. The number of nitriles is 2. The number of nitrogen functional groups attached to an aromatic ring is 1. The Labute approximate surface area is 162 Å². The number of aromatic amines is 1. The molecule has 1 aromatic heterocycles. The fourth-order valence-electron chi connectivity index (χ4n) is 3.10. The van der Waals surface area contributed by atoms with Crippen molar-refractivity contribution in [2.24, 2.45) is 0 Å². The van der Waals surface area contributed by atoms with Crippen LogP contribution in [0.2, 0.25) is 0 Å². The van der Waals surface area contributed by atoms with E-state index >= 15 is 0 Å². The van der Waals surface area contributed by atoms with Gasteiger partial charge in [0.05, 0.1) is 0 Å². The van der Waals surface area contributed by atoms with Gasteiger partial charge in [-0.2, -0.15) is 10.5 Å². The van der Waals surface area contributed by atoms with Gasteiger partial charge in [0.2, 0.25) is 5.91 Å². The molecule has 0 spiro atoms. The van der Waals surface area contributed by atoms with Gasteiger partial charge in [0, 0.05) is 13.1 Å². The van der Waals surface area contributed by atoms with Crippen LogP contribution in [0.5, 0.6) is 0 Å². The van der Waals surface area contributed by atoms with Crippen molar-refractivity contribution < 1.29 is 9.78 Å². The van der Waals surface area contributed by atoms with Gasteiger partial charge >= 0.3 is 0 Å². The smallest absolute Gasteiger partial charge is 0.289 e. The zero-order valence-electron chi connectivity index (χ0n) is 14.8. The summed E-state index contributed by atoms with van der Waals surface area (Å²) in [5.41, 5.74) is 7.29. The minimum atomic E-state index is -0.486. The predicted octanol–water partition coefficient (Wildman–Crippen LogP) is 2.67. The molecule has 27 heavy (non-hydrogen) atoms. The maximum atomic E-state index is 13.2. The quantitative estimate of drug-likeness (QED) is 0.823. The molecule has 2 heterocycles. The number of H-pyrrole nitrogens is 1. The summed E-state index contributed by atoms with van der Waals surface area (Å²) in [6.07, 6.45) is 3.17. The Morgan fingerprint density at radius 1 is 1.11 bits per heavy atom. The maximum Gasteiger partial charge on any atom is 0.289 e. The van der Waals surface area contributed by atoms with E-state index in [1.165, 1.54) is 17.8 Å². The van der Waals surface area contributed by atoms with E-state index in [-0.39, 0.29) is 17.3 Å². The number of hydrogen-bond acceptors (Lipinski definition) is 5. The molecule has 3 rings (SSSR count). The lowest BCUT2D eigenvalue weighted by molar-refractivity contribution is -0.410. The second kappa shape index (κ2) is 8.57. The first kappa shape index (κ1) is 18.8. The minimum absolute atomic E-state index is 0.0334. The second-order valence-corrected chi connectivity index (χ2v) is 7.47. The Morgan fingerprint density at radius 3 is 2.41 bits per heavy atom. The number of pyridine rings is 1. The summed E-state index contributed by atoms with van der Waals surface area (Å²) in [5.74, 6) is 0.224. The number of piperidine rings is 1. The number of thioether (sulfide) groups is 1. The van der Waals surface area contributed by atoms with Crippen LogP contribution in [0.25, 0.3) is 0 Å². The highest BCUT2D eigenvalue weighted by molar-refractivity contribution is 8.00. The Kier molecular flexibility index (Phi) is 5.95. The minimum Gasteiger partial charge on any atom is -0.341 e. The summed E-state index contributed by atoms with van der Waals surface area (Å²) >= 11 is 1.27. The van der Waals surface area contributed by atoms with Crippen LogP contribution >= 0.6 is 11.8 Å². The number of anilines is 1. The number of nitrogens with one attached hydrogen (secondary N) is 1. The number of nitrogens with two attached hydrogens (primary N) is 1. The first-order chi connectivity index (χ1) is 13.1. The summed E-state index contributed by atoms with van der Waals surface area (Å²) in [6, 6.07) is 15.0. The summed E-state index contributed by atoms with van der Waals surface area (Å²) < 4.78 is 0. The molecule has 0 bridgehead atoms. The number of rotatable bonds is 4. The van der Waals surface area contributed by atoms with Crippen LogP contribution in [-0.2, 0) is 4.79 Å². The van der Waals surface area contributed by atoms with Crippen molar-refractivity contribution in [2.45, 2.75) is 29.5 Å². The van der Waals surface area contributed by atoms with Crippen molar-refractivity contribution in [3.8, 4) is 12.1 Å². The number of hydrogen-bond donors (Lipinski definition) is 1. The summed E-state index contributed by atoms with van der Waals surface area (Å²) in [6.45, 7) is 1.51. The molecule has 0 radical (unpaired) electrons. The molecule has 3 N–H and O–H groups in total. The Balaban J connectivity index is 1.97. The van der Waals surface area contributed by atoms with Gasteiger partial charge in [0.1, 0.15) is 28.5 Å². The van der Waals surface area contributed by atoms with Gasteiger partial charge in [0.25, 0.3) is 5.82 Å². The van der Waals surface area contributed by atoms with Crippen molar-refractivity contribution in [3.05, 3.63) is 53.1 Å². The fraction of sp³-hybridized carbons (Fsp3) is 0.300. The molecule has 2 aromatic rings. The summed E-state index contributed by atoms with van der Waals surface area (Å²) in [4.78, 5) is 18.1. The van der Waals surface area contributed by atoms with Crippen LogP contribution in [0.1, 0.15) is 41.2 Å². The molecule has 0 saturated carbocycles. The van der Waals surface area contributed by atoms with Crippen LogP contribution in [0.4, 0.5) is 5.82 Å². The van der Waals surface area contributed by atoms with Gasteiger partial charge in [0.15, 0.2) is 5.03 Å². The Morgan fingerprint density at radius 2 is 1.78 bits per heavy atom. The number of amides is 1. The van der Waals surface area contributed by atoms with E-state index < -0.39 is 5.25 Å². The molecule has 0 aliphatic carbocycles. The summed E-state index contributed by atoms with van der Waals surface area (Å²) in [5, 5.41) is 18.6. The van der Waals surface area contributed by atoms with Gasteiger partial charge < -0.3 is 4.90 Å². The van der Waals surface area contributed by atoms with Gasteiger partial charge in [-0.05, 0) is 30.9 Å². The molecule has 7 heteroatoms. The SMILES string of the molecule is N#Cc1cc(C#N)c(S[C@@H](C(=O)N2CCCCC2)c2ccccc2)[nH+]c1N. The van der Waals surface area contributed by atoms with E-state index in [9.17, 15) is 10.1 Å². The van der Waals surface area contributed by atoms with E-state index in [2.05, 4.69) is 11.1 Å². The number of benzene rings is 1. The average Bonchev–Trinajstić information content (AvgIpc) is 2.73. The number of aromatic nitrogens is 1. The molecule has 1 aliphatic rings. The fourth-order valence-corrected chi connectivity index (χ4v) is 4.28. The van der Waals surface area contributed by atoms with Crippen molar-refractivity contribution in [3.63, 3.8) is 0 Å². The van der Waals surface area contributed by atoms with Crippen LogP contribution in [0.15, 0.2) is 41.4 Å². The van der Waals surface area contributed by atoms with Crippen molar-refractivity contribution in [1.29, 1.82) is 10.5 Å². The van der Waals surface area contributed by atoms with Crippen LogP contribution < -0.4 is 10.7 Å². The molecule has 1 saturated heterocycles. The molecule has 1 atom stereocenters. The molecule has 0 unspecified atom stereocenters. The van der Waals surface area contributed by atoms with Crippen LogP contribution in [0.3, 0.4) is 0 Å². The third-order valence-corrected chi connectivity index (χ3v) is 5.81. The van der Waals surface area contributed by atoms with Crippen molar-refractivity contribution in [1.82, 2.24) is 4.90 Å². The van der Waals surface area contributed by atoms with E-state index in [1.54, 1.807) is 0 Å². The average molecular weight is 378 g/mol. The second-order valence-electron chi connectivity index (χ2n) is 6.36. The molecule has 6 nitrogen and oxygen atoms in total. The lowest BCUT2D eigenvalue weighted by Crippen LogP contribution is -2.38. The highest BCUT2D eigenvalue weighted by atomic mass is 32.2. The zero-order valence-corrected chi connectivity index (χ0v) is 15.6. The molecular formula is C20H20N5OS+. The lowest BCUT2D eigenvalue weighted by atomic mass is 10.1. The molecule has 136 valence electrons. The van der Waals surface area contributed by atoms with Gasteiger partial charge in [-0.25, -0.2) is 4.98 Å². The number of carbonyl (C=O) groups is 1. The zero-order chi connectivity index (χ0) is 19.2.